The van der Waals surface area contributed by atoms with Crippen molar-refractivity contribution in [2.45, 2.75) is 19.3 Å². The molecule has 0 radical (unpaired) electrons. The maximum absolute atomic E-state index is 11.5. The van der Waals surface area contributed by atoms with Crippen molar-refractivity contribution in [3.8, 4) is 0 Å². The SMILES string of the molecule is COC(=O)c1ccc(CCc2ccc3cc(Cc4ccccc4)ccc3c2)cc1. The van der Waals surface area contributed by atoms with Crippen LogP contribution < -0.4 is 0 Å². The highest BCUT2D eigenvalue weighted by Gasteiger charge is 2.05. The molecular formula is C27H24O2. The minimum absolute atomic E-state index is 0.294. The van der Waals surface area contributed by atoms with Gasteiger partial charge in [-0.05, 0) is 64.4 Å². The van der Waals surface area contributed by atoms with Gasteiger partial charge in [0.25, 0.3) is 0 Å². The first kappa shape index (κ1) is 18.9. The number of rotatable bonds is 6. The van der Waals surface area contributed by atoms with Gasteiger partial charge in [0.15, 0.2) is 0 Å². The van der Waals surface area contributed by atoms with Gasteiger partial charge >= 0.3 is 5.97 Å². The molecular weight excluding hydrogens is 356 g/mol. The second-order valence-corrected chi connectivity index (χ2v) is 7.37. The molecule has 0 aliphatic rings. The third-order valence-corrected chi connectivity index (χ3v) is 5.30. The van der Waals surface area contributed by atoms with Crippen molar-refractivity contribution in [2.24, 2.45) is 0 Å². The van der Waals surface area contributed by atoms with Crippen LogP contribution in [0.1, 0.15) is 32.6 Å². The smallest absolute Gasteiger partial charge is 0.337 e. The van der Waals surface area contributed by atoms with Crippen molar-refractivity contribution in [2.75, 3.05) is 7.11 Å². The Balaban J connectivity index is 1.43. The molecule has 4 aromatic carbocycles. The Bertz CT molecular complexity index is 1110. The van der Waals surface area contributed by atoms with E-state index in [1.165, 1.54) is 40.1 Å². The molecule has 0 N–H and O–H groups in total. The number of carbonyl (C=O) groups excluding carboxylic acids is 1. The molecule has 0 heterocycles. The van der Waals surface area contributed by atoms with E-state index in [4.69, 9.17) is 4.74 Å². The molecule has 0 saturated carbocycles. The second kappa shape index (κ2) is 8.74. The highest BCUT2D eigenvalue weighted by Crippen LogP contribution is 2.21. The van der Waals surface area contributed by atoms with Gasteiger partial charge in [-0.15, -0.1) is 0 Å². The molecule has 0 amide bonds. The largest absolute Gasteiger partial charge is 0.465 e. The molecule has 0 aliphatic heterocycles. The van der Waals surface area contributed by atoms with E-state index in [1.54, 1.807) is 0 Å². The molecule has 4 aromatic rings. The average molecular weight is 380 g/mol. The molecule has 0 saturated heterocycles. The van der Waals surface area contributed by atoms with Crippen molar-refractivity contribution in [3.05, 3.63) is 119 Å². The molecule has 144 valence electrons. The summed E-state index contributed by atoms with van der Waals surface area (Å²) in [6.07, 6.45) is 2.87. The van der Waals surface area contributed by atoms with E-state index in [-0.39, 0.29) is 5.97 Å². The maximum atomic E-state index is 11.5. The minimum Gasteiger partial charge on any atom is -0.465 e. The molecule has 0 aromatic heterocycles. The van der Waals surface area contributed by atoms with Gasteiger partial charge in [0.2, 0.25) is 0 Å². The van der Waals surface area contributed by atoms with E-state index in [0.29, 0.717) is 5.56 Å². The van der Waals surface area contributed by atoms with Crippen molar-refractivity contribution >= 4 is 16.7 Å². The third kappa shape index (κ3) is 4.72. The topological polar surface area (TPSA) is 26.3 Å². The lowest BCUT2D eigenvalue weighted by atomic mass is 9.98. The summed E-state index contributed by atoms with van der Waals surface area (Å²) < 4.78 is 4.75. The molecule has 0 aliphatic carbocycles. The quantitative estimate of drug-likeness (QED) is 0.383. The molecule has 0 spiro atoms. The van der Waals surface area contributed by atoms with E-state index >= 15 is 0 Å². The van der Waals surface area contributed by atoms with Crippen LogP contribution in [-0.4, -0.2) is 13.1 Å². The molecule has 2 nitrogen and oxygen atoms in total. The molecule has 0 unspecified atom stereocenters. The first-order chi connectivity index (χ1) is 14.2. The van der Waals surface area contributed by atoms with Gasteiger partial charge in [-0.2, -0.15) is 0 Å². The zero-order valence-electron chi connectivity index (χ0n) is 16.6. The Morgan fingerprint density at radius 3 is 1.93 bits per heavy atom. The summed E-state index contributed by atoms with van der Waals surface area (Å²) >= 11 is 0. The summed E-state index contributed by atoms with van der Waals surface area (Å²) in [6, 6.07) is 31.7. The summed E-state index contributed by atoms with van der Waals surface area (Å²) in [6.45, 7) is 0. The van der Waals surface area contributed by atoms with E-state index in [0.717, 1.165) is 19.3 Å². The van der Waals surface area contributed by atoms with Crippen molar-refractivity contribution in [1.29, 1.82) is 0 Å². The summed E-state index contributed by atoms with van der Waals surface area (Å²) in [5.41, 5.74) is 5.80. The van der Waals surface area contributed by atoms with E-state index in [9.17, 15) is 4.79 Å². The van der Waals surface area contributed by atoms with Crippen LogP contribution >= 0.6 is 0 Å². The highest BCUT2D eigenvalue weighted by molar-refractivity contribution is 5.89. The van der Waals surface area contributed by atoms with E-state index < -0.39 is 0 Å². The van der Waals surface area contributed by atoms with Crippen LogP contribution in [0.2, 0.25) is 0 Å². The molecule has 0 fully saturated rings. The van der Waals surface area contributed by atoms with Crippen LogP contribution in [0.25, 0.3) is 10.8 Å². The lowest BCUT2D eigenvalue weighted by Gasteiger charge is -2.08. The van der Waals surface area contributed by atoms with Crippen molar-refractivity contribution in [1.82, 2.24) is 0 Å². The van der Waals surface area contributed by atoms with Crippen LogP contribution in [0.4, 0.5) is 0 Å². The summed E-state index contributed by atoms with van der Waals surface area (Å²) in [5, 5.41) is 2.56. The average Bonchev–Trinajstić information content (AvgIpc) is 2.78. The van der Waals surface area contributed by atoms with Gasteiger partial charge in [0.1, 0.15) is 0 Å². The number of esters is 1. The number of methoxy groups -OCH3 is 1. The number of hydrogen-bond donors (Lipinski definition) is 0. The first-order valence-corrected chi connectivity index (χ1v) is 9.94. The molecule has 0 bridgehead atoms. The van der Waals surface area contributed by atoms with Crippen molar-refractivity contribution < 1.29 is 9.53 Å². The van der Waals surface area contributed by atoms with Crippen LogP contribution in [0, 0.1) is 0 Å². The normalized spacial score (nSPS) is 10.8. The predicted molar refractivity (Wildman–Crippen MR) is 118 cm³/mol. The van der Waals surface area contributed by atoms with E-state index in [1.807, 2.05) is 24.3 Å². The number of fused-ring (bicyclic) bond motifs is 1. The first-order valence-electron chi connectivity index (χ1n) is 9.94. The Kier molecular flexibility index (Phi) is 5.71. The van der Waals surface area contributed by atoms with Crippen LogP contribution in [0.3, 0.4) is 0 Å². The Morgan fingerprint density at radius 1 is 0.655 bits per heavy atom. The van der Waals surface area contributed by atoms with Crippen molar-refractivity contribution in [3.63, 3.8) is 0 Å². The standard InChI is InChI=1S/C27H24O2/c1-29-27(28)24-13-9-20(10-14-24)7-8-22-11-15-26-19-23(12-16-25(26)18-22)17-21-5-3-2-4-6-21/h2-6,9-16,18-19H,7-8,17H2,1H3. The summed E-state index contributed by atoms with van der Waals surface area (Å²) in [7, 11) is 1.40. The monoisotopic (exact) mass is 380 g/mol. The Labute approximate surface area is 171 Å². The predicted octanol–water partition coefficient (Wildman–Crippen LogP) is 6.00. The van der Waals surface area contributed by atoms with Crippen LogP contribution in [0.15, 0.2) is 91.0 Å². The number of benzene rings is 4. The Morgan fingerprint density at radius 2 is 1.24 bits per heavy atom. The highest BCUT2D eigenvalue weighted by atomic mass is 16.5. The van der Waals surface area contributed by atoms with Gasteiger partial charge in [0, 0.05) is 0 Å². The van der Waals surface area contributed by atoms with Gasteiger partial charge in [-0.25, -0.2) is 4.79 Å². The fourth-order valence-electron chi connectivity index (χ4n) is 3.66. The number of hydrogen-bond acceptors (Lipinski definition) is 2. The Hall–Kier alpha value is -3.39. The van der Waals surface area contributed by atoms with Crippen LogP contribution in [0.5, 0.6) is 0 Å². The maximum Gasteiger partial charge on any atom is 0.337 e. The van der Waals surface area contributed by atoms with Gasteiger partial charge in [-0.1, -0.05) is 78.9 Å². The molecule has 0 atom stereocenters. The fourth-order valence-corrected chi connectivity index (χ4v) is 3.66. The molecule has 29 heavy (non-hydrogen) atoms. The van der Waals surface area contributed by atoms with E-state index in [2.05, 4.69) is 66.7 Å². The van der Waals surface area contributed by atoms with Gasteiger partial charge in [0.05, 0.1) is 12.7 Å². The number of aryl methyl sites for hydroxylation is 2. The summed E-state index contributed by atoms with van der Waals surface area (Å²) in [5.74, 6) is -0.294. The zero-order valence-corrected chi connectivity index (χ0v) is 16.6. The number of carbonyl (C=O) groups is 1. The fraction of sp³-hybridized carbons (Fsp3) is 0.148. The second-order valence-electron chi connectivity index (χ2n) is 7.37. The van der Waals surface area contributed by atoms with Gasteiger partial charge in [-0.3, -0.25) is 0 Å². The number of ether oxygens (including phenoxy) is 1. The van der Waals surface area contributed by atoms with Crippen LogP contribution in [-0.2, 0) is 24.0 Å². The zero-order chi connectivity index (χ0) is 20.1. The lowest BCUT2D eigenvalue weighted by Crippen LogP contribution is -2.01. The van der Waals surface area contributed by atoms with Gasteiger partial charge < -0.3 is 4.74 Å². The third-order valence-electron chi connectivity index (χ3n) is 5.30. The summed E-state index contributed by atoms with van der Waals surface area (Å²) in [4.78, 5) is 11.5. The lowest BCUT2D eigenvalue weighted by molar-refractivity contribution is 0.0600. The molecule has 2 heteroatoms. The minimum atomic E-state index is -0.294. The molecule has 4 rings (SSSR count).